The number of rotatable bonds is 4. The number of carbonyl (C=O) groups excluding carboxylic acids is 1. The second-order valence-electron chi connectivity index (χ2n) is 5.78. The molecule has 0 fully saturated rings. The summed E-state index contributed by atoms with van der Waals surface area (Å²) >= 11 is 1.44. The number of carbonyl (C=O) groups is 1. The molecule has 0 N–H and O–H groups in total. The first-order chi connectivity index (χ1) is 11.9. The first-order valence-corrected chi connectivity index (χ1v) is 8.66. The summed E-state index contributed by atoms with van der Waals surface area (Å²) in [5, 5.41) is 10.7. The van der Waals surface area contributed by atoms with Gasteiger partial charge in [-0.15, -0.1) is 0 Å². The van der Waals surface area contributed by atoms with Crippen molar-refractivity contribution in [1.82, 2.24) is 4.57 Å². The van der Waals surface area contributed by atoms with Crippen molar-refractivity contribution in [1.29, 1.82) is 0 Å². The van der Waals surface area contributed by atoms with E-state index >= 15 is 0 Å². The van der Waals surface area contributed by atoms with Crippen molar-refractivity contribution in [2.75, 3.05) is 0 Å². The summed E-state index contributed by atoms with van der Waals surface area (Å²) in [4.78, 5) is 27.1. The first-order valence-electron chi connectivity index (χ1n) is 7.84. The summed E-state index contributed by atoms with van der Waals surface area (Å²) in [5.74, 6) is -1.23. The van der Waals surface area contributed by atoms with Crippen LogP contribution in [-0.4, -0.2) is 15.4 Å². The summed E-state index contributed by atoms with van der Waals surface area (Å²) in [7, 11) is 0. The van der Waals surface area contributed by atoms with E-state index in [1.165, 1.54) is 17.4 Å². The zero-order valence-corrected chi connectivity index (χ0v) is 14.9. The Bertz CT molecular complexity index is 1040. The number of thiazole rings is 1. The van der Waals surface area contributed by atoms with Gasteiger partial charge in [0.2, 0.25) is 5.76 Å². The van der Waals surface area contributed by atoms with E-state index in [1.54, 1.807) is 0 Å². The van der Waals surface area contributed by atoms with Crippen LogP contribution >= 0.6 is 11.3 Å². The minimum atomic E-state index is -0.681. The minimum absolute atomic E-state index is 0.139. The van der Waals surface area contributed by atoms with Gasteiger partial charge < -0.3 is 8.98 Å². The molecule has 25 heavy (non-hydrogen) atoms. The molecule has 7 nitrogen and oxygen atoms in total. The van der Waals surface area contributed by atoms with Crippen LogP contribution in [-0.2, 0) is 6.54 Å². The number of hydrogen-bond donors (Lipinski definition) is 0. The normalized spacial score (nSPS) is 12.0. The highest BCUT2D eigenvalue weighted by Crippen LogP contribution is 2.24. The molecule has 3 aromatic rings. The Morgan fingerprint density at radius 1 is 1.36 bits per heavy atom. The molecule has 8 heteroatoms. The fraction of sp³-hybridized carbons (Fsp3) is 0.294. The SMILES string of the molecule is CCCn1c(=NC(=O)c2ccc([N+](=O)[O-])o2)sc2c(C)cc(C)cc21. The molecule has 0 aliphatic rings. The molecule has 0 bridgehead atoms. The smallest absolute Gasteiger partial charge is 0.395 e. The number of benzene rings is 1. The lowest BCUT2D eigenvalue weighted by Gasteiger charge is -2.04. The summed E-state index contributed by atoms with van der Waals surface area (Å²) < 4.78 is 8.04. The molecule has 0 saturated heterocycles. The topological polar surface area (TPSA) is 90.6 Å². The summed E-state index contributed by atoms with van der Waals surface area (Å²) in [6.45, 7) is 6.85. The molecule has 0 radical (unpaired) electrons. The van der Waals surface area contributed by atoms with Gasteiger partial charge in [0, 0.05) is 6.54 Å². The van der Waals surface area contributed by atoms with Crippen LogP contribution in [0.3, 0.4) is 0 Å². The highest BCUT2D eigenvalue weighted by molar-refractivity contribution is 7.16. The van der Waals surface area contributed by atoms with Gasteiger partial charge in [0.15, 0.2) is 4.80 Å². The molecule has 2 aromatic heterocycles. The zero-order chi connectivity index (χ0) is 18.1. The molecule has 1 amide bonds. The van der Waals surface area contributed by atoms with E-state index in [0.717, 1.165) is 40.4 Å². The van der Waals surface area contributed by atoms with Crippen molar-refractivity contribution < 1.29 is 14.1 Å². The number of aromatic nitrogens is 1. The Labute approximate surface area is 147 Å². The van der Waals surface area contributed by atoms with E-state index in [0.29, 0.717) is 4.80 Å². The summed E-state index contributed by atoms with van der Waals surface area (Å²) in [6, 6.07) is 6.60. The van der Waals surface area contributed by atoms with Crippen molar-refractivity contribution in [2.24, 2.45) is 4.99 Å². The lowest BCUT2D eigenvalue weighted by atomic mass is 10.1. The molecule has 0 atom stereocenters. The van der Waals surface area contributed by atoms with E-state index in [2.05, 4.69) is 24.0 Å². The van der Waals surface area contributed by atoms with Gasteiger partial charge in [0.1, 0.15) is 4.92 Å². The van der Waals surface area contributed by atoms with Gasteiger partial charge in [-0.05, 0) is 43.5 Å². The second-order valence-corrected chi connectivity index (χ2v) is 6.76. The number of hydrogen-bond acceptors (Lipinski definition) is 5. The van der Waals surface area contributed by atoms with Crippen molar-refractivity contribution >= 4 is 33.3 Å². The Balaban J connectivity index is 2.14. The number of aryl methyl sites for hydroxylation is 3. The third-order valence-corrected chi connectivity index (χ3v) is 4.97. The average molecular weight is 359 g/mol. The van der Waals surface area contributed by atoms with Crippen LogP contribution in [0.25, 0.3) is 10.2 Å². The predicted octanol–water partition coefficient (Wildman–Crippen LogP) is 3.97. The third-order valence-electron chi connectivity index (χ3n) is 3.74. The standard InChI is InChI=1S/C17H17N3O4S/c1-4-7-19-12-9-10(2)8-11(3)15(12)25-17(19)18-16(21)13-5-6-14(24-13)20(22)23/h5-6,8-9H,4,7H2,1-3H3. The fourth-order valence-electron chi connectivity index (χ4n) is 2.72. The Morgan fingerprint density at radius 2 is 2.12 bits per heavy atom. The average Bonchev–Trinajstić information content (AvgIpc) is 3.15. The largest absolute Gasteiger partial charge is 0.433 e. The molecule has 0 saturated carbocycles. The predicted molar refractivity (Wildman–Crippen MR) is 94.8 cm³/mol. The monoisotopic (exact) mass is 359 g/mol. The maximum absolute atomic E-state index is 12.3. The van der Waals surface area contributed by atoms with E-state index in [1.807, 2.05) is 18.4 Å². The van der Waals surface area contributed by atoms with Crippen LogP contribution < -0.4 is 4.80 Å². The van der Waals surface area contributed by atoms with E-state index < -0.39 is 16.7 Å². The van der Waals surface area contributed by atoms with Gasteiger partial charge in [-0.1, -0.05) is 24.3 Å². The Hall–Kier alpha value is -2.74. The fourth-order valence-corrected chi connectivity index (χ4v) is 3.82. The molecule has 2 heterocycles. The maximum atomic E-state index is 12.3. The lowest BCUT2D eigenvalue weighted by Crippen LogP contribution is -2.16. The van der Waals surface area contributed by atoms with Crippen LogP contribution in [0, 0.1) is 24.0 Å². The number of amides is 1. The van der Waals surface area contributed by atoms with Crippen LogP contribution in [0.15, 0.2) is 33.7 Å². The first kappa shape index (κ1) is 17.1. The third kappa shape index (κ3) is 3.25. The molecule has 3 rings (SSSR count). The second kappa shape index (κ2) is 6.64. The molecule has 0 spiro atoms. The van der Waals surface area contributed by atoms with Crippen LogP contribution in [0.1, 0.15) is 35.0 Å². The molecule has 130 valence electrons. The van der Waals surface area contributed by atoms with E-state index in [4.69, 9.17) is 4.42 Å². The van der Waals surface area contributed by atoms with Crippen molar-refractivity contribution in [2.45, 2.75) is 33.7 Å². The quantitative estimate of drug-likeness (QED) is 0.520. The molecular formula is C17H17N3O4S. The number of fused-ring (bicyclic) bond motifs is 1. The minimum Gasteiger partial charge on any atom is -0.395 e. The zero-order valence-electron chi connectivity index (χ0n) is 14.1. The summed E-state index contributed by atoms with van der Waals surface area (Å²) in [5.41, 5.74) is 3.32. The van der Waals surface area contributed by atoms with Gasteiger partial charge in [-0.2, -0.15) is 4.99 Å². The van der Waals surface area contributed by atoms with Crippen LogP contribution in [0.2, 0.25) is 0 Å². The van der Waals surface area contributed by atoms with Crippen molar-refractivity contribution in [3.05, 3.63) is 56.1 Å². The lowest BCUT2D eigenvalue weighted by molar-refractivity contribution is -0.402. The summed E-state index contributed by atoms with van der Waals surface area (Å²) in [6.07, 6.45) is 0.895. The van der Waals surface area contributed by atoms with E-state index in [9.17, 15) is 14.9 Å². The number of furan rings is 1. The molecule has 0 aliphatic carbocycles. The molecule has 1 aromatic carbocycles. The Morgan fingerprint density at radius 3 is 2.76 bits per heavy atom. The van der Waals surface area contributed by atoms with Crippen LogP contribution in [0.5, 0.6) is 0 Å². The molecule has 0 unspecified atom stereocenters. The maximum Gasteiger partial charge on any atom is 0.433 e. The van der Waals surface area contributed by atoms with Crippen molar-refractivity contribution in [3.8, 4) is 0 Å². The number of nitrogens with zero attached hydrogens (tertiary/aromatic N) is 3. The highest BCUT2D eigenvalue weighted by atomic mass is 32.1. The van der Waals surface area contributed by atoms with Gasteiger partial charge in [0.25, 0.3) is 0 Å². The van der Waals surface area contributed by atoms with Gasteiger partial charge in [-0.3, -0.25) is 14.9 Å². The molecule has 0 aliphatic heterocycles. The van der Waals surface area contributed by atoms with Gasteiger partial charge >= 0.3 is 11.8 Å². The van der Waals surface area contributed by atoms with Crippen LogP contribution in [0.4, 0.5) is 5.88 Å². The molecular weight excluding hydrogens is 342 g/mol. The van der Waals surface area contributed by atoms with E-state index in [-0.39, 0.29) is 5.76 Å². The van der Waals surface area contributed by atoms with Crippen molar-refractivity contribution in [3.63, 3.8) is 0 Å². The number of nitro groups is 1. The highest BCUT2D eigenvalue weighted by Gasteiger charge is 2.17. The van der Waals surface area contributed by atoms with Gasteiger partial charge in [-0.25, -0.2) is 0 Å². The Kier molecular flexibility index (Phi) is 4.54. The van der Waals surface area contributed by atoms with Gasteiger partial charge in [0.05, 0.1) is 16.3 Å².